The lowest BCUT2D eigenvalue weighted by Gasteiger charge is -2.17. The van der Waals surface area contributed by atoms with Crippen molar-refractivity contribution in [1.82, 2.24) is 9.55 Å². The van der Waals surface area contributed by atoms with E-state index in [1.54, 1.807) is 6.07 Å². The molecule has 28 heavy (non-hydrogen) atoms. The maximum absolute atomic E-state index is 14.8. The van der Waals surface area contributed by atoms with Crippen LogP contribution >= 0.6 is 0 Å². The minimum Gasteiger partial charge on any atom is -0.312 e. The van der Waals surface area contributed by atoms with Crippen molar-refractivity contribution in [1.29, 1.82) is 0 Å². The first kappa shape index (κ1) is 18.7. The summed E-state index contributed by atoms with van der Waals surface area (Å²) in [4.78, 5) is 12.1. The zero-order chi connectivity index (χ0) is 20.0. The highest BCUT2D eigenvalue weighted by Gasteiger charge is 2.28. The smallest absolute Gasteiger partial charge is 0.281 e. The Bertz CT molecular complexity index is 1100. The van der Waals surface area contributed by atoms with Gasteiger partial charge in [-0.3, -0.25) is 4.99 Å². The number of rotatable bonds is 3. The van der Waals surface area contributed by atoms with Crippen molar-refractivity contribution >= 4 is 22.2 Å². The topological polar surface area (TPSA) is 47.2 Å². The molecule has 0 spiro atoms. The summed E-state index contributed by atoms with van der Waals surface area (Å²) >= 11 is 0. The Balaban J connectivity index is 2.05. The van der Waals surface area contributed by atoms with Crippen molar-refractivity contribution < 1.29 is 9.37 Å². The van der Waals surface area contributed by atoms with Crippen LogP contribution in [-0.2, 0) is 0 Å². The average Bonchev–Trinajstić information content (AvgIpc) is 3.22. The second-order valence-electron chi connectivity index (χ2n) is 7.72. The fourth-order valence-corrected chi connectivity index (χ4v) is 4.46. The first-order valence-corrected chi connectivity index (χ1v) is 10.1. The number of H-pyrrole nitrogens is 2. The molecule has 3 heterocycles. The van der Waals surface area contributed by atoms with Gasteiger partial charge in [0.1, 0.15) is 17.7 Å². The first-order valence-electron chi connectivity index (χ1n) is 10.1. The van der Waals surface area contributed by atoms with Gasteiger partial charge < -0.3 is 4.57 Å². The van der Waals surface area contributed by atoms with Crippen LogP contribution in [0.1, 0.15) is 58.2 Å². The Morgan fingerprint density at radius 3 is 2.71 bits per heavy atom. The third kappa shape index (κ3) is 2.89. The molecule has 0 amide bonds. The highest BCUT2D eigenvalue weighted by atomic mass is 19.1. The number of aromatic amines is 2. The molecule has 0 aliphatic carbocycles. The third-order valence-electron chi connectivity index (χ3n) is 5.85. The van der Waals surface area contributed by atoms with Crippen LogP contribution in [0.5, 0.6) is 0 Å². The molecule has 2 bridgehead atoms. The largest absolute Gasteiger partial charge is 0.312 e. The Labute approximate surface area is 165 Å². The van der Waals surface area contributed by atoms with Crippen LogP contribution < -0.4 is 4.98 Å². The van der Waals surface area contributed by atoms with Gasteiger partial charge >= 0.3 is 0 Å². The van der Waals surface area contributed by atoms with Crippen LogP contribution in [-0.4, -0.2) is 15.3 Å². The third-order valence-corrected chi connectivity index (χ3v) is 5.85. The summed E-state index contributed by atoms with van der Waals surface area (Å²) in [6.07, 6.45) is 4.09. The molecule has 4 rings (SSSR count). The zero-order valence-electron chi connectivity index (χ0n) is 17.2. The van der Waals surface area contributed by atoms with Gasteiger partial charge in [0.05, 0.1) is 11.2 Å². The number of halogens is 1. The minimum atomic E-state index is -0.220. The summed E-state index contributed by atoms with van der Waals surface area (Å²) < 4.78 is 16.8. The molecule has 2 N–H and O–H groups in total. The number of aliphatic imine (C=N–C) groups is 1. The summed E-state index contributed by atoms with van der Waals surface area (Å²) in [5.41, 5.74) is 5.79. The van der Waals surface area contributed by atoms with Crippen molar-refractivity contribution in [2.24, 2.45) is 10.9 Å². The normalized spacial score (nSPS) is 20.6. The molecule has 3 aromatic rings. The SMILES string of the molecule is CCC(CC)/C1=C/C(C)=N/C(C)n2c(cc3cccc(F)c32)-c2[nH+]c1[nH]c2C. The van der Waals surface area contributed by atoms with Gasteiger partial charge in [-0.2, -0.15) is 0 Å². The van der Waals surface area contributed by atoms with Crippen molar-refractivity contribution in [2.45, 2.75) is 53.6 Å². The fourth-order valence-electron chi connectivity index (χ4n) is 4.46. The van der Waals surface area contributed by atoms with Gasteiger partial charge in [0.2, 0.25) is 0 Å². The number of hydrogen-bond donors (Lipinski definition) is 1. The van der Waals surface area contributed by atoms with Crippen LogP contribution in [0.4, 0.5) is 4.39 Å². The second kappa shape index (κ2) is 7.04. The van der Waals surface area contributed by atoms with Crippen molar-refractivity contribution in [3.63, 3.8) is 0 Å². The average molecular weight is 380 g/mol. The van der Waals surface area contributed by atoms with Crippen molar-refractivity contribution in [2.75, 3.05) is 0 Å². The van der Waals surface area contributed by atoms with Crippen LogP contribution in [0.15, 0.2) is 35.3 Å². The standard InChI is InChI=1S/C23H27FN4/c1-6-16(7-2)18-11-13(3)25-15(5)28-20(21-14(4)26-23(18)27-21)12-17-9-8-10-19(24)22(17)28/h8-12,15-16H,6-7H2,1-5H3,(H,26,27)/p+1/b18-11-,25-13+. The molecular weight excluding hydrogens is 351 g/mol. The highest BCUT2D eigenvalue weighted by molar-refractivity contribution is 5.99. The number of para-hydroxylation sites is 1. The molecule has 146 valence electrons. The van der Waals surface area contributed by atoms with E-state index < -0.39 is 0 Å². The highest BCUT2D eigenvalue weighted by Crippen LogP contribution is 2.35. The van der Waals surface area contributed by atoms with E-state index in [4.69, 9.17) is 4.99 Å². The monoisotopic (exact) mass is 379 g/mol. The molecule has 1 unspecified atom stereocenters. The lowest BCUT2D eigenvalue weighted by atomic mass is 9.92. The fraction of sp³-hybridized carbons (Fsp3) is 0.391. The van der Waals surface area contributed by atoms with E-state index in [-0.39, 0.29) is 12.0 Å². The van der Waals surface area contributed by atoms with Gasteiger partial charge in [-0.25, -0.2) is 14.4 Å². The number of nitrogens with zero attached hydrogens (tertiary/aromatic N) is 2. The van der Waals surface area contributed by atoms with Gasteiger partial charge in [-0.1, -0.05) is 26.0 Å². The maximum Gasteiger partial charge on any atom is 0.281 e. The first-order chi connectivity index (χ1) is 13.4. The molecule has 0 saturated heterocycles. The molecule has 1 aliphatic rings. The van der Waals surface area contributed by atoms with E-state index in [2.05, 4.69) is 42.9 Å². The molecule has 0 fully saturated rings. The number of imidazole rings is 1. The zero-order valence-corrected chi connectivity index (χ0v) is 17.2. The Morgan fingerprint density at radius 2 is 2.00 bits per heavy atom. The molecule has 0 saturated carbocycles. The molecule has 1 atom stereocenters. The predicted molar refractivity (Wildman–Crippen MR) is 113 cm³/mol. The summed E-state index contributed by atoms with van der Waals surface area (Å²) in [6.45, 7) is 10.6. The predicted octanol–water partition coefficient (Wildman–Crippen LogP) is 5.71. The molecule has 4 nitrogen and oxygen atoms in total. The molecule has 2 aromatic heterocycles. The number of aryl methyl sites for hydroxylation is 1. The van der Waals surface area contributed by atoms with Crippen LogP contribution in [0.2, 0.25) is 0 Å². The number of benzene rings is 1. The maximum atomic E-state index is 14.8. The summed E-state index contributed by atoms with van der Waals surface area (Å²) in [7, 11) is 0. The van der Waals surface area contributed by atoms with Gasteiger partial charge in [-0.05, 0) is 50.8 Å². The minimum absolute atomic E-state index is 0.215. The molecular formula is C23H28FN4+. The molecule has 1 aliphatic heterocycles. The second-order valence-corrected chi connectivity index (χ2v) is 7.72. The van der Waals surface area contributed by atoms with Crippen LogP contribution in [0, 0.1) is 18.7 Å². The number of allylic oxidation sites excluding steroid dienone is 2. The number of hydrogen-bond acceptors (Lipinski definition) is 1. The number of aromatic nitrogens is 3. The summed E-state index contributed by atoms with van der Waals surface area (Å²) in [5.74, 6) is 1.25. The van der Waals surface area contributed by atoms with Gasteiger partial charge in [0, 0.05) is 23.6 Å². The Kier molecular flexibility index (Phi) is 4.69. The Morgan fingerprint density at radius 1 is 1.25 bits per heavy atom. The molecule has 1 aromatic carbocycles. The van der Waals surface area contributed by atoms with Crippen molar-refractivity contribution in [3.05, 3.63) is 47.7 Å². The lowest BCUT2D eigenvalue weighted by Crippen LogP contribution is -2.18. The van der Waals surface area contributed by atoms with Crippen LogP contribution in [0.3, 0.4) is 0 Å². The van der Waals surface area contributed by atoms with Gasteiger partial charge in [-0.15, -0.1) is 0 Å². The van der Waals surface area contributed by atoms with Crippen LogP contribution in [0.25, 0.3) is 27.9 Å². The quantitative estimate of drug-likeness (QED) is 0.606. The number of nitrogens with one attached hydrogen (secondary N) is 2. The van der Waals surface area contributed by atoms with E-state index >= 15 is 0 Å². The van der Waals surface area contributed by atoms with E-state index in [0.717, 1.165) is 46.8 Å². The van der Waals surface area contributed by atoms with E-state index in [1.807, 2.05) is 24.5 Å². The van der Waals surface area contributed by atoms with Crippen molar-refractivity contribution in [3.8, 4) is 11.4 Å². The van der Waals surface area contributed by atoms with Gasteiger partial charge in [0.15, 0.2) is 5.69 Å². The van der Waals surface area contributed by atoms with E-state index in [9.17, 15) is 4.39 Å². The summed E-state index contributed by atoms with van der Waals surface area (Å²) in [6, 6.07) is 7.29. The summed E-state index contributed by atoms with van der Waals surface area (Å²) in [5, 5.41) is 0.887. The van der Waals surface area contributed by atoms with E-state index in [0.29, 0.717) is 11.4 Å². The Hall–Kier alpha value is -2.69. The lowest BCUT2D eigenvalue weighted by molar-refractivity contribution is -0.367. The van der Waals surface area contributed by atoms with Gasteiger partial charge in [0.25, 0.3) is 5.82 Å². The van der Waals surface area contributed by atoms with E-state index in [1.165, 1.54) is 11.6 Å². The molecule has 0 radical (unpaired) electrons. The molecule has 5 heteroatoms. The number of fused-ring (bicyclic) bond motifs is 6.